The van der Waals surface area contributed by atoms with E-state index in [9.17, 15) is 35.1 Å². The van der Waals surface area contributed by atoms with Gasteiger partial charge in [-0.2, -0.15) is 52.7 Å². The summed E-state index contributed by atoms with van der Waals surface area (Å²) in [6.07, 6.45) is 0. The van der Waals surface area contributed by atoms with Crippen LogP contribution in [-0.4, -0.2) is 70.1 Å². The van der Waals surface area contributed by atoms with E-state index in [-0.39, 0.29) is 0 Å². The van der Waals surface area contributed by atoms with Crippen molar-refractivity contribution in [2.45, 2.75) is 97.8 Å². The second-order valence-electron chi connectivity index (χ2n) is 10.5. The van der Waals surface area contributed by atoms with E-state index in [0.717, 1.165) is 0 Å². The minimum Gasteiger partial charge on any atom is -0.226 e. The lowest BCUT2D eigenvalue weighted by atomic mass is 9.38. The third kappa shape index (κ3) is 1.92. The second-order valence-corrected chi connectivity index (χ2v) is 10.5. The summed E-state index contributed by atoms with van der Waals surface area (Å²) < 4.78 is 297. The molecule has 0 amide bonds. The fourth-order valence-corrected chi connectivity index (χ4v) is 5.47. The lowest BCUT2D eigenvalue weighted by Gasteiger charge is -2.72. The zero-order chi connectivity index (χ0) is 31.0. The van der Waals surface area contributed by atoms with Crippen LogP contribution in [0.3, 0.4) is 0 Å². The van der Waals surface area contributed by atoms with Crippen molar-refractivity contribution in [3.05, 3.63) is 0 Å². The van der Waals surface area contributed by atoms with Gasteiger partial charge in [-0.3, -0.25) is 0 Å². The molecule has 0 N–H and O–H groups in total. The van der Waals surface area contributed by atoms with Crippen LogP contribution in [0, 0.1) is 10.8 Å². The molecule has 0 saturated heterocycles. The Kier molecular flexibility index (Phi) is 5.12. The summed E-state index contributed by atoms with van der Waals surface area (Å²) in [7, 11) is 0. The Balaban J connectivity index is 2.81. The third-order valence-electron chi connectivity index (χ3n) is 8.73. The van der Waals surface area contributed by atoms with Gasteiger partial charge in [0.25, 0.3) is 34.5 Å². The summed E-state index contributed by atoms with van der Waals surface area (Å²) in [5, 5.41) is 0. The minimum absolute atomic E-state index is 0.422. The van der Waals surface area contributed by atoms with Gasteiger partial charge in [-0.25, -0.2) is 35.1 Å². The molecule has 0 radical (unpaired) electrons. The van der Waals surface area contributed by atoms with Gasteiger partial charge in [-0.1, -0.05) is 27.7 Å². The first-order valence-electron chi connectivity index (χ1n) is 9.78. The van der Waals surface area contributed by atoms with Crippen LogP contribution in [0.4, 0.5) is 87.8 Å². The third-order valence-corrected chi connectivity index (χ3v) is 8.73. The number of alkyl halides is 20. The van der Waals surface area contributed by atoms with Crippen molar-refractivity contribution in [2.24, 2.45) is 10.8 Å². The molecule has 38 heavy (non-hydrogen) atoms. The van der Waals surface area contributed by atoms with Crippen molar-refractivity contribution in [1.29, 1.82) is 0 Å². The quantitative estimate of drug-likeness (QED) is 0.245. The standard InChI is InChI=1S/C18H12F20/c1-5(2)6(3,4)12(25,26)8(20)7(19,11(5,23)24)13(27,28)9(21)10(22,14(8,29)30)16(33,34)18(37,38)17(35,36)15(9,31)32/h1-4H3. The Labute approximate surface area is 197 Å². The van der Waals surface area contributed by atoms with Crippen LogP contribution < -0.4 is 0 Å². The highest BCUT2D eigenvalue weighted by atomic mass is 19.4. The molecular weight excluding hydrogens is 596 g/mol. The molecule has 224 valence electrons. The molecule has 4 unspecified atom stereocenters. The lowest BCUT2D eigenvalue weighted by Crippen LogP contribution is -3.04. The average Bonchev–Trinajstić information content (AvgIpc) is 2.72. The summed E-state index contributed by atoms with van der Waals surface area (Å²) in [4.78, 5) is 0. The van der Waals surface area contributed by atoms with E-state index in [0.29, 0.717) is 0 Å². The maximum atomic E-state index is 15.8. The summed E-state index contributed by atoms with van der Waals surface area (Å²) in [5.41, 5.74) is -43.3. The fraction of sp³-hybridized carbons (Fsp3) is 1.00. The first kappa shape index (κ1) is 31.1. The van der Waals surface area contributed by atoms with E-state index in [1.165, 1.54) is 0 Å². The van der Waals surface area contributed by atoms with Crippen LogP contribution in [0.2, 0.25) is 0 Å². The molecule has 3 saturated carbocycles. The van der Waals surface area contributed by atoms with Gasteiger partial charge < -0.3 is 0 Å². The van der Waals surface area contributed by atoms with Gasteiger partial charge in [0.15, 0.2) is 0 Å². The maximum absolute atomic E-state index is 15.8. The van der Waals surface area contributed by atoms with Crippen molar-refractivity contribution < 1.29 is 87.8 Å². The van der Waals surface area contributed by atoms with E-state index < -0.39 is 109 Å². The number of halogens is 20. The largest absolute Gasteiger partial charge is 0.382 e. The predicted octanol–water partition coefficient (Wildman–Crippen LogP) is 8.00. The number of hydrogen-bond acceptors (Lipinski definition) is 0. The minimum atomic E-state index is -8.94. The molecule has 0 spiro atoms. The van der Waals surface area contributed by atoms with Crippen molar-refractivity contribution in [3.8, 4) is 0 Å². The van der Waals surface area contributed by atoms with Gasteiger partial charge >= 0.3 is 35.5 Å². The summed E-state index contributed by atoms with van der Waals surface area (Å²) in [6.45, 7) is -1.69. The zero-order valence-electron chi connectivity index (χ0n) is 18.6. The highest BCUT2D eigenvalue weighted by Crippen LogP contribution is 2.87. The molecular formula is C18H12F20. The Bertz CT molecular complexity index is 908. The van der Waals surface area contributed by atoms with E-state index in [1.54, 1.807) is 0 Å². The van der Waals surface area contributed by atoms with Crippen LogP contribution in [0.15, 0.2) is 0 Å². The molecule has 0 aromatic rings. The zero-order valence-corrected chi connectivity index (χ0v) is 18.6. The van der Waals surface area contributed by atoms with Gasteiger partial charge in [0, 0.05) is 10.8 Å². The highest BCUT2D eigenvalue weighted by molar-refractivity contribution is 5.50. The normalized spacial score (nSPS) is 47.4. The number of fused-ring (bicyclic) bond motifs is 2. The fourth-order valence-electron chi connectivity index (χ4n) is 5.47. The van der Waals surface area contributed by atoms with Crippen LogP contribution in [0.25, 0.3) is 0 Å². The van der Waals surface area contributed by atoms with Crippen molar-refractivity contribution >= 4 is 0 Å². The SMILES string of the molecule is CC1(C)C(C)(C)C(F)(F)C2(F)C(F)(F)C3(F)C(F)(F)C(F)(F)C(F)(F)C(F)(F)C3(F)C(F)(F)C2(F)C1(F)F. The van der Waals surface area contributed by atoms with Crippen molar-refractivity contribution in [1.82, 2.24) is 0 Å². The van der Waals surface area contributed by atoms with Crippen LogP contribution >= 0.6 is 0 Å². The Hall–Kier alpha value is -1.40. The van der Waals surface area contributed by atoms with Crippen LogP contribution in [0.5, 0.6) is 0 Å². The monoisotopic (exact) mass is 608 g/mol. The van der Waals surface area contributed by atoms with Gasteiger partial charge in [-0.15, -0.1) is 0 Å². The molecule has 20 heteroatoms. The first-order chi connectivity index (χ1) is 16.0. The van der Waals surface area contributed by atoms with Gasteiger partial charge in [0.1, 0.15) is 0 Å². The number of rotatable bonds is 0. The maximum Gasteiger partial charge on any atom is 0.382 e. The van der Waals surface area contributed by atoms with E-state index in [1.807, 2.05) is 0 Å². The summed E-state index contributed by atoms with van der Waals surface area (Å²) >= 11 is 0. The average molecular weight is 608 g/mol. The molecule has 0 heterocycles. The van der Waals surface area contributed by atoms with Crippen LogP contribution in [0.1, 0.15) is 27.7 Å². The second kappa shape index (κ2) is 6.25. The molecule has 0 aromatic carbocycles. The molecule has 0 aliphatic heterocycles. The predicted molar refractivity (Wildman–Crippen MR) is 82.5 cm³/mol. The molecule has 0 aromatic heterocycles. The van der Waals surface area contributed by atoms with E-state index in [4.69, 9.17) is 0 Å². The molecule has 3 fully saturated rings. The van der Waals surface area contributed by atoms with Crippen molar-refractivity contribution in [2.75, 3.05) is 0 Å². The van der Waals surface area contributed by atoms with Gasteiger partial charge in [0.05, 0.1) is 0 Å². The summed E-state index contributed by atoms with van der Waals surface area (Å²) in [5.74, 6) is -66.0. The molecule has 3 aliphatic carbocycles. The highest BCUT2D eigenvalue weighted by Gasteiger charge is 3.18. The molecule has 4 atom stereocenters. The Morgan fingerprint density at radius 2 is 0.368 bits per heavy atom. The molecule has 0 nitrogen and oxygen atoms in total. The van der Waals surface area contributed by atoms with Crippen LogP contribution in [-0.2, 0) is 0 Å². The molecule has 3 aliphatic rings. The smallest absolute Gasteiger partial charge is 0.226 e. The lowest BCUT2D eigenvalue weighted by molar-refractivity contribution is -0.575. The molecule has 3 rings (SSSR count). The number of hydrogen-bond donors (Lipinski definition) is 0. The first-order valence-corrected chi connectivity index (χ1v) is 9.78. The Morgan fingerprint density at radius 1 is 0.211 bits per heavy atom. The van der Waals surface area contributed by atoms with E-state index >= 15 is 52.7 Å². The molecule has 0 bridgehead atoms. The Morgan fingerprint density at radius 3 is 0.553 bits per heavy atom. The van der Waals surface area contributed by atoms with E-state index in [2.05, 4.69) is 0 Å². The van der Waals surface area contributed by atoms with Crippen molar-refractivity contribution in [3.63, 3.8) is 0 Å². The van der Waals surface area contributed by atoms with Gasteiger partial charge in [-0.05, 0) is 0 Å². The summed E-state index contributed by atoms with van der Waals surface area (Å²) in [6, 6.07) is 0. The van der Waals surface area contributed by atoms with Gasteiger partial charge in [0.2, 0.25) is 0 Å². The topological polar surface area (TPSA) is 0 Å².